The number of pyridine rings is 1. The molecule has 2 N–H and O–H groups in total. The number of morpholine rings is 1. The lowest BCUT2D eigenvalue weighted by Gasteiger charge is -2.24. The van der Waals surface area contributed by atoms with Crippen molar-refractivity contribution in [2.75, 3.05) is 54.9 Å². The Morgan fingerprint density at radius 1 is 1.00 bits per heavy atom. The van der Waals surface area contributed by atoms with Crippen LogP contribution in [0.1, 0.15) is 12.8 Å². The zero-order valence-corrected chi connectivity index (χ0v) is 11.9. The normalized spacial score (nSPS) is 19.6. The number of nitrogen functional groups attached to an aromatic ring is 1. The summed E-state index contributed by atoms with van der Waals surface area (Å²) < 4.78 is 11.2. The Labute approximate surface area is 122 Å². The van der Waals surface area contributed by atoms with Gasteiger partial charge in [0, 0.05) is 32.2 Å². The van der Waals surface area contributed by atoms with Gasteiger partial charge in [0.25, 0.3) is 6.01 Å². The maximum Gasteiger partial charge on any atom is 0.300 e. The Hall–Kier alpha value is -2.02. The van der Waals surface area contributed by atoms with E-state index < -0.39 is 0 Å². The molecular weight excluding hydrogens is 270 g/mol. The molecule has 21 heavy (non-hydrogen) atoms. The number of oxazole rings is 1. The molecule has 7 heteroatoms. The fourth-order valence-electron chi connectivity index (χ4n) is 2.93. The van der Waals surface area contributed by atoms with Gasteiger partial charge in [0.2, 0.25) is 5.65 Å². The van der Waals surface area contributed by atoms with Crippen molar-refractivity contribution in [3.05, 3.63) is 6.07 Å². The van der Waals surface area contributed by atoms with Crippen LogP contribution >= 0.6 is 0 Å². The van der Waals surface area contributed by atoms with Gasteiger partial charge < -0.3 is 24.7 Å². The van der Waals surface area contributed by atoms with E-state index in [2.05, 4.69) is 19.8 Å². The number of hydrogen-bond donors (Lipinski definition) is 1. The number of nitrogens with two attached hydrogens (primary N) is 1. The van der Waals surface area contributed by atoms with Gasteiger partial charge >= 0.3 is 0 Å². The molecule has 0 aromatic carbocycles. The van der Waals surface area contributed by atoms with E-state index in [9.17, 15) is 0 Å². The molecule has 2 aromatic rings. The van der Waals surface area contributed by atoms with Gasteiger partial charge in [-0.15, -0.1) is 0 Å². The zero-order chi connectivity index (χ0) is 14.2. The molecule has 0 spiro atoms. The zero-order valence-electron chi connectivity index (χ0n) is 11.9. The minimum Gasteiger partial charge on any atom is -0.422 e. The monoisotopic (exact) mass is 289 g/mol. The highest BCUT2D eigenvalue weighted by atomic mass is 16.5. The number of fused-ring (bicyclic) bond motifs is 1. The average Bonchev–Trinajstić information content (AvgIpc) is 3.16. The van der Waals surface area contributed by atoms with Crippen LogP contribution in [0, 0.1) is 0 Å². The van der Waals surface area contributed by atoms with Crippen molar-refractivity contribution in [2.45, 2.75) is 12.8 Å². The van der Waals surface area contributed by atoms with Crippen molar-refractivity contribution in [1.29, 1.82) is 0 Å². The molecule has 0 aliphatic carbocycles. The third-order valence-corrected chi connectivity index (χ3v) is 4.07. The third-order valence-electron chi connectivity index (χ3n) is 4.07. The first-order chi connectivity index (χ1) is 10.3. The van der Waals surface area contributed by atoms with Crippen LogP contribution in [-0.4, -0.2) is 49.4 Å². The molecule has 0 amide bonds. The van der Waals surface area contributed by atoms with Crippen LogP contribution in [0.5, 0.6) is 0 Å². The van der Waals surface area contributed by atoms with E-state index in [0.717, 1.165) is 32.0 Å². The quantitative estimate of drug-likeness (QED) is 0.890. The summed E-state index contributed by atoms with van der Waals surface area (Å²) in [4.78, 5) is 13.4. The topological polar surface area (TPSA) is 80.6 Å². The molecule has 0 atom stereocenters. The van der Waals surface area contributed by atoms with Crippen molar-refractivity contribution in [1.82, 2.24) is 9.97 Å². The van der Waals surface area contributed by atoms with Crippen molar-refractivity contribution < 1.29 is 9.15 Å². The summed E-state index contributed by atoms with van der Waals surface area (Å²) in [5.74, 6) is 0.835. The van der Waals surface area contributed by atoms with Crippen LogP contribution < -0.4 is 15.5 Å². The summed E-state index contributed by atoms with van der Waals surface area (Å²) >= 11 is 0. The summed E-state index contributed by atoms with van der Waals surface area (Å²) in [5.41, 5.74) is 8.07. The Bertz CT molecular complexity index is 644. The highest BCUT2D eigenvalue weighted by molar-refractivity contribution is 5.80. The van der Waals surface area contributed by atoms with Crippen molar-refractivity contribution in [3.63, 3.8) is 0 Å². The molecule has 0 saturated carbocycles. The smallest absolute Gasteiger partial charge is 0.300 e. The van der Waals surface area contributed by atoms with Gasteiger partial charge in [-0.3, -0.25) is 0 Å². The lowest BCUT2D eigenvalue weighted by molar-refractivity contribution is 0.120. The Balaban J connectivity index is 1.70. The van der Waals surface area contributed by atoms with Crippen LogP contribution in [0.3, 0.4) is 0 Å². The Morgan fingerprint density at radius 2 is 1.76 bits per heavy atom. The lowest BCUT2D eigenvalue weighted by Crippen LogP contribution is -2.36. The van der Waals surface area contributed by atoms with Gasteiger partial charge in [-0.2, -0.15) is 4.98 Å². The van der Waals surface area contributed by atoms with Crippen LogP contribution in [0.25, 0.3) is 11.2 Å². The lowest BCUT2D eigenvalue weighted by atomic mass is 10.3. The average molecular weight is 289 g/mol. The van der Waals surface area contributed by atoms with Gasteiger partial charge in [-0.25, -0.2) is 4.98 Å². The molecule has 0 radical (unpaired) electrons. The highest BCUT2D eigenvalue weighted by Gasteiger charge is 2.21. The third kappa shape index (κ3) is 2.27. The molecule has 4 heterocycles. The van der Waals surface area contributed by atoms with E-state index in [1.807, 2.05) is 6.07 Å². The second-order valence-electron chi connectivity index (χ2n) is 5.51. The molecule has 2 aliphatic rings. The summed E-state index contributed by atoms with van der Waals surface area (Å²) in [6.07, 6.45) is 2.38. The Kier molecular flexibility index (Phi) is 3.07. The fourth-order valence-corrected chi connectivity index (χ4v) is 2.93. The molecule has 7 nitrogen and oxygen atoms in total. The summed E-state index contributed by atoms with van der Waals surface area (Å²) in [7, 11) is 0. The van der Waals surface area contributed by atoms with E-state index in [1.165, 1.54) is 12.8 Å². The van der Waals surface area contributed by atoms with Crippen LogP contribution in [0.4, 0.5) is 17.5 Å². The maximum atomic E-state index is 6.13. The van der Waals surface area contributed by atoms with Crippen LogP contribution in [0.15, 0.2) is 10.5 Å². The standard InChI is InChI=1S/C14H19N5O2/c15-10-9-11-12(16-13(10)18-3-1-2-4-18)17-14(21-11)19-5-7-20-8-6-19/h9H,1-8,15H2. The minimum atomic E-state index is 0.610. The molecule has 0 unspecified atom stereocenters. The van der Waals surface area contributed by atoms with Crippen molar-refractivity contribution >= 4 is 28.8 Å². The maximum absolute atomic E-state index is 6.13. The SMILES string of the molecule is Nc1cc2oc(N3CCOCC3)nc2nc1N1CCCC1. The van der Waals surface area contributed by atoms with Gasteiger partial charge in [0.1, 0.15) is 0 Å². The number of rotatable bonds is 2. The number of aromatic nitrogens is 2. The van der Waals surface area contributed by atoms with E-state index in [4.69, 9.17) is 14.9 Å². The first-order valence-corrected chi connectivity index (χ1v) is 7.46. The largest absolute Gasteiger partial charge is 0.422 e. The van der Waals surface area contributed by atoms with E-state index in [0.29, 0.717) is 36.1 Å². The predicted molar refractivity (Wildman–Crippen MR) is 80.7 cm³/mol. The molecule has 112 valence electrons. The molecule has 2 saturated heterocycles. The van der Waals surface area contributed by atoms with Gasteiger partial charge in [0.05, 0.1) is 18.9 Å². The van der Waals surface area contributed by atoms with Gasteiger partial charge in [0.15, 0.2) is 11.4 Å². The van der Waals surface area contributed by atoms with Crippen molar-refractivity contribution in [3.8, 4) is 0 Å². The first kappa shape index (κ1) is 12.7. The van der Waals surface area contributed by atoms with E-state index >= 15 is 0 Å². The predicted octanol–water partition coefficient (Wildman–Crippen LogP) is 1.24. The van der Waals surface area contributed by atoms with E-state index in [-0.39, 0.29) is 0 Å². The summed E-state index contributed by atoms with van der Waals surface area (Å²) in [6, 6.07) is 2.45. The molecule has 0 bridgehead atoms. The molecule has 2 aromatic heterocycles. The second-order valence-corrected chi connectivity index (χ2v) is 5.51. The van der Waals surface area contributed by atoms with E-state index in [1.54, 1.807) is 0 Å². The fraction of sp³-hybridized carbons (Fsp3) is 0.571. The Morgan fingerprint density at radius 3 is 2.52 bits per heavy atom. The van der Waals surface area contributed by atoms with Gasteiger partial charge in [-0.1, -0.05) is 0 Å². The van der Waals surface area contributed by atoms with Crippen molar-refractivity contribution in [2.24, 2.45) is 0 Å². The molecule has 2 fully saturated rings. The number of nitrogens with zero attached hydrogens (tertiary/aromatic N) is 4. The number of anilines is 3. The molecule has 4 rings (SSSR count). The van der Waals surface area contributed by atoms with Crippen LogP contribution in [-0.2, 0) is 4.74 Å². The summed E-state index contributed by atoms with van der Waals surface area (Å²) in [6.45, 7) is 5.01. The number of ether oxygens (including phenoxy) is 1. The highest BCUT2D eigenvalue weighted by Crippen LogP contribution is 2.30. The molecular formula is C14H19N5O2. The summed E-state index contributed by atoms with van der Waals surface area (Å²) in [5, 5.41) is 0. The van der Waals surface area contributed by atoms with Crippen LogP contribution in [0.2, 0.25) is 0 Å². The first-order valence-electron chi connectivity index (χ1n) is 7.46. The minimum absolute atomic E-state index is 0.610. The molecule has 2 aliphatic heterocycles. The van der Waals surface area contributed by atoms with Gasteiger partial charge in [-0.05, 0) is 12.8 Å². The second kappa shape index (κ2) is 5.07. The number of hydrogen-bond acceptors (Lipinski definition) is 7.